The van der Waals surface area contributed by atoms with E-state index in [4.69, 9.17) is 5.73 Å². The molecular weight excluding hydrogens is 208 g/mol. The Hall–Kier alpha value is -1.28. The van der Waals surface area contributed by atoms with Crippen molar-refractivity contribution in [3.05, 3.63) is 35.5 Å². The van der Waals surface area contributed by atoms with Gasteiger partial charge in [0.15, 0.2) is 0 Å². The van der Waals surface area contributed by atoms with Crippen LogP contribution < -0.4 is 5.73 Å². The molecule has 1 heterocycles. The normalized spacial score (nSPS) is 16.0. The predicted octanol–water partition coefficient (Wildman–Crippen LogP) is 3.56. The maximum Gasteiger partial charge on any atom is 0.0488 e. The highest BCUT2D eigenvalue weighted by atomic mass is 15.0. The van der Waals surface area contributed by atoms with Crippen LogP contribution in [0.3, 0.4) is 0 Å². The molecular formula is C15H20N2. The van der Waals surface area contributed by atoms with Crippen molar-refractivity contribution in [1.29, 1.82) is 0 Å². The lowest BCUT2D eigenvalue weighted by Crippen LogP contribution is -2.10. The number of para-hydroxylation sites is 1. The Bertz CT molecular complexity index is 508. The van der Waals surface area contributed by atoms with E-state index in [0.717, 1.165) is 5.92 Å². The summed E-state index contributed by atoms with van der Waals surface area (Å²) in [5.74, 6) is 0.762. The van der Waals surface area contributed by atoms with Crippen molar-refractivity contribution in [3.63, 3.8) is 0 Å². The van der Waals surface area contributed by atoms with Gasteiger partial charge < -0.3 is 10.3 Å². The van der Waals surface area contributed by atoms with Crippen LogP contribution in [0.2, 0.25) is 0 Å². The number of fused-ring (bicyclic) bond motifs is 1. The molecule has 2 N–H and O–H groups in total. The Morgan fingerprint density at radius 3 is 2.59 bits per heavy atom. The quantitative estimate of drug-likeness (QED) is 0.855. The number of rotatable bonds is 3. The molecule has 1 aliphatic rings. The fourth-order valence-corrected chi connectivity index (χ4v) is 2.97. The zero-order valence-electron chi connectivity index (χ0n) is 10.6. The van der Waals surface area contributed by atoms with Crippen LogP contribution in [-0.2, 0) is 6.54 Å². The molecule has 1 saturated carbocycles. The Kier molecular flexibility index (Phi) is 2.48. The lowest BCUT2D eigenvalue weighted by atomic mass is 10.1. The van der Waals surface area contributed by atoms with Crippen LogP contribution in [0.25, 0.3) is 10.9 Å². The molecule has 3 rings (SSSR count). The molecule has 0 amide bonds. The van der Waals surface area contributed by atoms with E-state index < -0.39 is 0 Å². The first-order valence-corrected chi connectivity index (χ1v) is 6.55. The molecule has 2 aromatic rings. The van der Waals surface area contributed by atoms with Gasteiger partial charge >= 0.3 is 0 Å². The van der Waals surface area contributed by atoms with E-state index in [-0.39, 0.29) is 0 Å². The average molecular weight is 228 g/mol. The maximum atomic E-state index is 6.00. The van der Waals surface area contributed by atoms with Crippen molar-refractivity contribution >= 4 is 10.9 Å². The van der Waals surface area contributed by atoms with Gasteiger partial charge in [0.2, 0.25) is 0 Å². The highest BCUT2D eigenvalue weighted by Crippen LogP contribution is 2.46. The largest absolute Gasteiger partial charge is 0.341 e. The van der Waals surface area contributed by atoms with Crippen LogP contribution in [0.15, 0.2) is 24.3 Å². The molecule has 2 heteroatoms. The molecule has 90 valence electrons. The van der Waals surface area contributed by atoms with E-state index in [0.29, 0.717) is 12.6 Å². The maximum absolute atomic E-state index is 6.00. The summed E-state index contributed by atoms with van der Waals surface area (Å²) in [4.78, 5) is 0. The molecule has 0 aliphatic heterocycles. The molecule has 1 aromatic carbocycles. The highest BCUT2D eigenvalue weighted by Gasteiger charge is 2.30. The van der Waals surface area contributed by atoms with E-state index >= 15 is 0 Å². The van der Waals surface area contributed by atoms with Crippen LogP contribution in [0, 0.1) is 0 Å². The summed E-state index contributed by atoms with van der Waals surface area (Å²) in [5, 5.41) is 1.42. The molecule has 0 bridgehead atoms. The Morgan fingerprint density at radius 1 is 1.29 bits per heavy atom. The van der Waals surface area contributed by atoms with Crippen molar-refractivity contribution < 1.29 is 0 Å². The molecule has 2 nitrogen and oxygen atoms in total. The summed E-state index contributed by atoms with van der Waals surface area (Å²) in [6.07, 6.45) is 2.66. The van der Waals surface area contributed by atoms with Gasteiger partial charge in [0, 0.05) is 29.2 Å². The average Bonchev–Trinajstić information content (AvgIpc) is 3.09. The van der Waals surface area contributed by atoms with Crippen LogP contribution in [0.4, 0.5) is 0 Å². The second kappa shape index (κ2) is 3.88. The molecule has 0 radical (unpaired) electrons. The summed E-state index contributed by atoms with van der Waals surface area (Å²) in [7, 11) is 0. The van der Waals surface area contributed by atoms with E-state index in [1.165, 1.54) is 35.0 Å². The minimum Gasteiger partial charge on any atom is -0.341 e. The van der Waals surface area contributed by atoms with E-state index in [1.54, 1.807) is 0 Å². The lowest BCUT2D eigenvalue weighted by molar-refractivity contribution is 0.592. The van der Waals surface area contributed by atoms with Crippen molar-refractivity contribution in [2.75, 3.05) is 0 Å². The highest BCUT2D eigenvalue weighted by molar-refractivity contribution is 5.86. The summed E-state index contributed by atoms with van der Waals surface area (Å²) >= 11 is 0. The van der Waals surface area contributed by atoms with Crippen molar-refractivity contribution in [2.45, 2.75) is 45.2 Å². The zero-order valence-corrected chi connectivity index (χ0v) is 10.6. The molecule has 1 aliphatic carbocycles. The second-order valence-corrected chi connectivity index (χ2v) is 5.32. The van der Waals surface area contributed by atoms with Crippen LogP contribution in [-0.4, -0.2) is 4.57 Å². The van der Waals surface area contributed by atoms with E-state index in [2.05, 4.69) is 42.7 Å². The number of nitrogens with zero attached hydrogens (tertiary/aromatic N) is 1. The fraction of sp³-hybridized carbons (Fsp3) is 0.467. The van der Waals surface area contributed by atoms with Gasteiger partial charge in [-0.2, -0.15) is 0 Å². The Labute approximate surface area is 102 Å². The summed E-state index contributed by atoms with van der Waals surface area (Å²) in [6, 6.07) is 9.21. The van der Waals surface area contributed by atoms with Gasteiger partial charge in [-0.15, -0.1) is 0 Å². The van der Waals surface area contributed by atoms with E-state index in [9.17, 15) is 0 Å². The standard InChI is InChI=1S/C15H20N2/c1-10(2)17-13-6-4-3-5-12(13)15(11-7-8-11)14(17)9-16/h3-6,10-11H,7-9,16H2,1-2H3. The Morgan fingerprint density at radius 2 is 2.00 bits per heavy atom. The van der Waals surface area contributed by atoms with Gasteiger partial charge in [0.25, 0.3) is 0 Å². The van der Waals surface area contributed by atoms with Gasteiger partial charge in [-0.25, -0.2) is 0 Å². The van der Waals surface area contributed by atoms with Crippen molar-refractivity contribution in [3.8, 4) is 0 Å². The summed E-state index contributed by atoms with van der Waals surface area (Å²) < 4.78 is 2.42. The SMILES string of the molecule is CC(C)n1c(CN)c(C2CC2)c2ccccc21. The number of hydrogen-bond donors (Lipinski definition) is 1. The van der Waals surface area contributed by atoms with Gasteiger partial charge in [0.05, 0.1) is 0 Å². The number of hydrogen-bond acceptors (Lipinski definition) is 1. The van der Waals surface area contributed by atoms with Crippen LogP contribution in [0.5, 0.6) is 0 Å². The van der Waals surface area contributed by atoms with Crippen molar-refractivity contribution in [1.82, 2.24) is 4.57 Å². The topological polar surface area (TPSA) is 30.9 Å². The predicted molar refractivity (Wildman–Crippen MR) is 72.2 cm³/mol. The molecule has 0 atom stereocenters. The molecule has 0 saturated heterocycles. The monoisotopic (exact) mass is 228 g/mol. The minimum atomic E-state index is 0.478. The summed E-state index contributed by atoms with van der Waals surface area (Å²) in [5.41, 5.74) is 10.2. The van der Waals surface area contributed by atoms with Crippen molar-refractivity contribution in [2.24, 2.45) is 5.73 Å². The minimum absolute atomic E-state index is 0.478. The molecule has 0 spiro atoms. The molecule has 17 heavy (non-hydrogen) atoms. The van der Waals surface area contributed by atoms with Crippen LogP contribution >= 0.6 is 0 Å². The first-order chi connectivity index (χ1) is 8.24. The zero-order chi connectivity index (χ0) is 12.0. The summed E-state index contributed by atoms with van der Waals surface area (Å²) in [6.45, 7) is 5.13. The third-order valence-electron chi connectivity index (χ3n) is 3.75. The van der Waals surface area contributed by atoms with Gasteiger partial charge in [-0.05, 0) is 44.2 Å². The van der Waals surface area contributed by atoms with Crippen LogP contribution in [0.1, 0.15) is 49.9 Å². The fourth-order valence-electron chi connectivity index (χ4n) is 2.97. The molecule has 1 fully saturated rings. The van der Waals surface area contributed by atoms with Gasteiger partial charge in [0.1, 0.15) is 0 Å². The number of benzene rings is 1. The number of aromatic nitrogens is 1. The van der Waals surface area contributed by atoms with Gasteiger partial charge in [-0.3, -0.25) is 0 Å². The molecule has 0 unspecified atom stereocenters. The first-order valence-electron chi connectivity index (χ1n) is 6.55. The smallest absolute Gasteiger partial charge is 0.0488 e. The second-order valence-electron chi connectivity index (χ2n) is 5.32. The first kappa shape index (κ1) is 10.8. The third kappa shape index (κ3) is 1.59. The Balaban J connectivity index is 2.36. The molecule has 1 aromatic heterocycles. The van der Waals surface area contributed by atoms with Gasteiger partial charge in [-0.1, -0.05) is 18.2 Å². The number of nitrogens with two attached hydrogens (primary N) is 1. The lowest BCUT2D eigenvalue weighted by Gasteiger charge is -2.14. The third-order valence-corrected chi connectivity index (χ3v) is 3.75. The van der Waals surface area contributed by atoms with E-state index in [1.807, 2.05) is 0 Å².